The van der Waals surface area contributed by atoms with Crippen molar-refractivity contribution in [3.8, 4) is 0 Å². The van der Waals surface area contributed by atoms with Crippen LogP contribution in [0.4, 0.5) is 0 Å². The minimum Gasteiger partial charge on any atom is -0.331 e. The first-order chi connectivity index (χ1) is 8.03. The van der Waals surface area contributed by atoms with Gasteiger partial charge in [0.1, 0.15) is 5.82 Å². The van der Waals surface area contributed by atoms with E-state index in [-0.39, 0.29) is 11.1 Å². The number of hydrogen-bond donors (Lipinski definition) is 0. The van der Waals surface area contributed by atoms with Crippen molar-refractivity contribution in [2.75, 3.05) is 0 Å². The summed E-state index contributed by atoms with van der Waals surface area (Å²) in [5, 5.41) is 0. The average molecular weight is 251 g/mol. The van der Waals surface area contributed by atoms with Gasteiger partial charge in [0.15, 0.2) is 0 Å². The molecule has 0 N–H and O–H groups in total. The van der Waals surface area contributed by atoms with Crippen LogP contribution in [0.3, 0.4) is 0 Å². The van der Waals surface area contributed by atoms with Crippen LogP contribution in [-0.2, 0) is 6.54 Å². The maximum atomic E-state index is 4.53. The van der Waals surface area contributed by atoms with Crippen LogP contribution >= 0.6 is 0 Å². The highest BCUT2D eigenvalue weighted by Crippen LogP contribution is 2.27. The van der Waals surface area contributed by atoms with Crippen LogP contribution in [0.15, 0.2) is 12.4 Å². The molecular weight excluding hydrogens is 222 g/mol. The molecule has 3 nitrogen and oxygen atoms in total. The Labute approximate surface area is 112 Å². The predicted molar refractivity (Wildman–Crippen MR) is 77.7 cm³/mol. The van der Waals surface area contributed by atoms with Gasteiger partial charge in [0, 0.05) is 29.5 Å². The molecule has 0 aromatic carbocycles. The Morgan fingerprint density at radius 2 is 1.61 bits per heavy atom. The van der Waals surface area contributed by atoms with Crippen LogP contribution in [0.1, 0.15) is 67.3 Å². The average Bonchev–Trinajstić information content (AvgIpc) is 2.57. The Hall–Kier alpha value is -0.830. The lowest BCUT2D eigenvalue weighted by atomic mass is 9.96. The third kappa shape index (κ3) is 3.58. The molecule has 0 unspecified atom stereocenters. The maximum Gasteiger partial charge on any atom is 0.123 e. The summed E-state index contributed by atoms with van der Waals surface area (Å²) in [4.78, 5) is 7.03. The smallest absolute Gasteiger partial charge is 0.123 e. The first kappa shape index (κ1) is 15.2. The van der Waals surface area contributed by atoms with Crippen molar-refractivity contribution in [2.24, 2.45) is 0 Å². The second kappa shape index (κ2) is 5.04. The Morgan fingerprint density at radius 3 is 2.00 bits per heavy atom. The van der Waals surface area contributed by atoms with Crippen molar-refractivity contribution in [2.45, 2.75) is 79.1 Å². The molecule has 1 heterocycles. The quantitative estimate of drug-likeness (QED) is 0.813. The van der Waals surface area contributed by atoms with Gasteiger partial charge in [-0.05, 0) is 55.4 Å². The van der Waals surface area contributed by atoms with Gasteiger partial charge in [0.25, 0.3) is 0 Å². The molecule has 1 aromatic heterocycles. The summed E-state index contributed by atoms with van der Waals surface area (Å²) in [6.07, 6.45) is 3.97. The zero-order chi connectivity index (χ0) is 14.1. The summed E-state index contributed by atoms with van der Waals surface area (Å²) in [5.41, 5.74) is 0.262. The van der Waals surface area contributed by atoms with Gasteiger partial charge in [-0.2, -0.15) is 0 Å². The molecule has 18 heavy (non-hydrogen) atoms. The minimum absolute atomic E-state index is 0.131. The highest BCUT2D eigenvalue weighted by Gasteiger charge is 2.32. The van der Waals surface area contributed by atoms with Crippen LogP contribution in [-0.4, -0.2) is 25.5 Å². The molecule has 0 aliphatic carbocycles. The van der Waals surface area contributed by atoms with Gasteiger partial charge in [-0.15, -0.1) is 0 Å². The first-order valence-electron chi connectivity index (χ1n) is 6.83. The summed E-state index contributed by atoms with van der Waals surface area (Å²) >= 11 is 0. The van der Waals surface area contributed by atoms with Gasteiger partial charge in [0.2, 0.25) is 0 Å². The maximum absolute atomic E-state index is 4.53. The van der Waals surface area contributed by atoms with E-state index in [0.29, 0.717) is 6.04 Å². The molecule has 0 bridgehead atoms. The van der Waals surface area contributed by atoms with E-state index in [4.69, 9.17) is 0 Å². The second-order valence-corrected chi connectivity index (χ2v) is 7.27. The Balaban J connectivity index is 3.01. The van der Waals surface area contributed by atoms with E-state index in [9.17, 15) is 0 Å². The molecule has 0 aliphatic rings. The molecule has 3 heteroatoms. The van der Waals surface area contributed by atoms with Crippen LogP contribution in [0.5, 0.6) is 0 Å². The fourth-order valence-corrected chi connectivity index (χ4v) is 2.56. The zero-order valence-electron chi connectivity index (χ0n) is 13.3. The van der Waals surface area contributed by atoms with E-state index < -0.39 is 0 Å². The second-order valence-electron chi connectivity index (χ2n) is 7.27. The molecule has 1 rings (SSSR count). The number of rotatable bonds is 3. The highest BCUT2D eigenvalue weighted by molar-refractivity contribution is 4.98. The molecule has 0 saturated carbocycles. The molecule has 0 aliphatic heterocycles. The van der Waals surface area contributed by atoms with Crippen LogP contribution < -0.4 is 0 Å². The Bertz CT molecular complexity index is 363. The van der Waals surface area contributed by atoms with E-state index >= 15 is 0 Å². The number of hydrogen-bond acceptors (Lipinski definition) is 2. The van der Waals surface area contributed by atoms with Crippen molar-refractivity contribution in [1.82, 2.24) is 14.5 Å². The summed E-state index contributed by atoms with van der Waals surface area (Å²) in [6, 6.07) is 0.462. The van der Waals surface area contributed by atoms with Crippen molar-refractivity contribution in [1.29, 1.82) is 0 Å². The fraction of sp³-hybridized carbons (Fsp3) is 0.800. The number of imidazole rings is 1. The van der Waals surface area contributed by atoms with Gasteiger partial charge in [-0.25, -0.2) is 4.98 Å². The zero-order valence-corrected chi connectivity index (χ0v) is 13.3. The van der Waals surface area contributed by atoms with E-state index in [1.807, 2.05) is 6.20 Å². The van der Waals surface area contributed by atoms with Crippen molar-refractivity contribution >= 4 is 0 Å². The van der Waals surface area contributed by atoms with E-state index in [0.717, 1.165) is 12.4 Å². The Morgan fingerprint density at radius 1 is 1.11 bits per heavy atom. The molecular formula is C15H29N3. The van der Waals surface area contributed by atoms with E-state index in [2.05, 4.69) is 76.0 Å². The third-order valence-electron chi connectivity index (χ3n) is 3.22. The summed E-state index contributed by atoms with van der Waals surface area (Å²) in [7, 11) is 0. The van der Waals surface area contributed by atoms with Gasteiger partial charge in [-0.3, -0.25) is 4.90 Å². The van der Waals surface area contributed by atoms with Gasteiger partial charge in [-0.1, -0.05) is 0 Å². The topological polar surface area (TPSA) is 21.1 Å². The van der Waals surface area contributed by atoms with Crippen LogP contribution in [0.25, 0.3) is 0 Å². The molecule has 104 valence electrons. The van der Waals surface area contributed by atoms with Crippen molar-refractivity contribution in [3.05, 3.63) is 18.2 Å². The fourth-order valence-electron chi connectivity index (χ4n) is 2.56. The van der Waals surface area contributed by atoms with Crippen LogP contribution in [0.2, 0.25) is 0 Å². The minimum atomic E-state index is 0.131. The largest absolute Gasteiger partial charge is 0.331 e. The third-order valence-corrected chi connectivity index (χ3v) is 3.22. The first-order valence-corrected chi connectivity index (χ1v) is 6.83. The molecule has 0 radical (unpaired) electrons. The van der Waals surface area contributed by atoms with Crippen molar-refractivity contribution < 1.29 is 0 Å². The lowest BCUT2D eigenvalue weighted by Gasteiger charge is -2.45. The predicted octanol–water partition coefficient (Wildman–Crippen LogP) is 3.86. The molecule has 1 aromatic rings. The standard InChI is InChI=1S/C15H29N3/c1-12(2)17-10-9-16-13(17)11-18(14(3,4)5)15(6,7)8/h9-10,12H,11H2,1-8H3. The lowest BCUT2D eigenvalue weighted by molar-refractivity contribution is 0.0260. The van der Waals surface area contributed by atoms with Gasteiger partial charge in [0.05, 0.1) is 6.54 Å². The lowest BCUT2D eigenvalue weighted by Crippen LogP contribution is -2.52. The molecule has 0 fully saturated rings. The number of nitrogens with zero attached hydrogens (tertiary/aromatic N) is 3. The number of aromatic nitrogens is 2. The molecule has 0 spiro atoms. The van der Waals surface area contributed by atoms with Gasteiger partial charge < -0.3 is 4.57 Å². The highest BCUT2D eigenvalue weighted by atomic mass is 15.3. The monoisotopic (exact) mass is 251 g/mol. The SMILES string of the molecule is CC(C)n1ccnc1CN(C(C)(C)C)C(C)(C)C. The molecule has 0 saturated heterocycles. The Kier molecular flexibility index (Phi) is 4.26. The summed E-state index contributed by atoms with van der Waals surface area (Å²) < 4.78 is 2.25. The van der Waals surface area contributed by atoms with Crippen LogP contribution in [0, 0.1) is 0 Å². The van der Waals surface area contributed by atoms with E-state index in [1.165, 1.54) is 0 Å². The van der Waals surface area contributed by atoms with E-state index in [1.54, 1.807) is 0 Å². The van der Waals surface area contributed by atoms with Gasteiger partial charge >= 0.3 is 0 Å². The summed E-state index contributed by atoms with van der Waals surface area (Å²) in [5.74, 6) is 1.15. The normalized spacial score (nSPS) is 13.7. The summed E-state index contributed by atoms with van der Waals surface area (Å²) in [6.45, 7) is 18.9. The molecule has 0 atom stereocenters. The van der Waals surface area contributed by atoms with Crippen molar-refractivity contribution in [3.63, 3.8) is 0 Å². The molecule has 0 amide bonds.